The van der Waals surface area contributed by atoms with Crippen LogP contribution in [0.3, 0.4) is 0 Å². The molecule has 0 atom stereocenters. The van der Waals surface area contributed by atoms with Gasteiger partial charge >= 0.3 is 0 Å². The van der Waals surface area contributed by atoms with Gasteiger partial charge in [0.05, 0.1) is 24.4 Å². The number of nitrogens with zero attached hydrogens (tertiary/aromatic N) is 2. The summed E-state index contributed by atoms with van der Waals surface area (Å²) in [7, 11) is 1.64. The van der Waals surface area contributed by atoms with Crippen molar-refractivity contribution in [1.82, 2.24) is 9.80 Å². The molecule has 30 heavy (non-hydrogen) atoms. The van der Waals surface area contributed by atoms with Gasteiger partial charge < -0.3 is 15.0 Å². The molecular weight excluding hydrogens is 402 g/mol. The van der Waals surface area contributed by atoms with Crippen molar-refractivity contribution >= 4 is 29.1 Å². The Morgan fingerprint density at radius 1 is 1.07 bits per heavy atom. The van der Waals surface area contributed by atoms with E-state index < -0.39 is 0 Å². The number of methoxy groups -OCH3 is 1. The lowest BCUT2D eigenvalue weighted by Gasteiger charge is -2.34. The molecule has 1 heterocycles. The van der Waals surface area contributed by atoms with Crippen LogP contribution < -0.4 is 10.1 Å². The highest BCUT2D eigenvalue weighted by atomic mass is 35.5. The largest absolute Gasteiger partial charge is 0.497 e. The number of anilines is 1. The van der Waals surface area contributed by atoms with Gasteiger partial charge in [0, 0.05) is 32.6 Å². The molecule has 1 aliphatic rings. The van der Waals surface area contributed by atoms with Crippen molar-refractivity contribution in [2.24, 2.45) is 0 Å². The van der Waals surface area contributed by atoms with Crippen LogP contribution in [0.15, 0.2) is 42.5 Å². The van der Waals surface area contributed by atoms with Crippen LogP contribution in [0.4, 0.5) is 5.69 Å². The van der Waals surface area contributed by atoms with Crippen molar-refractivity contribution in [1.29, 1.82) is 0 Å². The van der Waals surface area contributed by atoms with Crippen molar-refractivity contribution in [2.45, 2.75) is 19.8 Å². The van der Waals surface area contributed by atoms with Gasteiger partial charge in [0.25, 0.3) is 0 Å². The standard InChI is InChI=1S/C23H28ClN3O3/c1-17-3-9-21(20(24)15-17)25-22(28)16-26-11-13-27(14-12-26)23(29)10-6-18-4-7-19(30-2)8-5-18/h3-5,7-9,15H,6,10-14,16H2,1-2H3,(H,25,28). The molecule has 1 saturated heterocycles. The Morgan fingerprint density at radius 2 is 1.77 bits per heavy atom. The number of hydrogen-bond donors (Lipinski definition) is 1. The second-order valence-corrected chi connectivity index (χ2v) is 7.94. The van der Waals surface area contributed by atoms with Gasteiger partial charge in [0.1, 0.15) is 5.75 Å². The van der Waals surface area contributed by atoms with Gasteiger partial charge in [-0.15, -0.1) is 0 Å². The van der Waals surface area contributed by atoms with Gasteiger partial charge in [-0.2, -0.15) is 0 Å². The molecule has 160 valence electrons. The van der Waals surface area contributed by atoms with E-state index in [0.717, 1.165) is 16.9 Å². The monoisotopic (exact) mass is 429 g/mol. The molecule has 0 saturated carbocycles. The zero-order valence-corrected chi connectivity index (χ0v) is 18.2. The minimum atomic E-state index is -0.0972. The number of rotatable bonds is 7. The summed E-state index contributed by atoms with van der Waals surface area (Å²) in [5, 5.41) is 3.40. The van der Waals surface area contributed by atoms with Crippen LogP contribution in [-0.2, 0) is 16.0 Å². The van der Waals surface area contributed by atoms with Crippen LogP contribution >= 0.6 is 11.6 Å². The van der Waals surface area contributed by atoms with Crippen LogP contribution in [0.1, 0.15) is 17.5 Å². The van der Waals surface area contributed by atoms with E-state index in [1.807, 2.05) is 54.3 Å². The normalized spacial score (nSPS) is 14.4. The number of halogens is 1. The Kier molecular flexibility index (Phi) is 7.71. The van der Waals surface area contributed by atoms with Gasteiger partial charge in [0.15, 0.2) is 0 Å². The molecule has 0 radical (unpaired) electrons. The second kappa shape index (κ2) is 10.5. The first kappa shape index (κ1) is 22.1. The average molecular weight is 430 g/mol. The maximum absolute atomic E-state index is 12.5. The number of carbonyl (C=O) groups excluding carboxylic acids is 2. The highest BCUT2D eigenvalue weighted by Crippen LogP contribution is 2.22. The maximum Gasteiger partial charge on any atom is 0.238 e. The molecule has 0 aliphatic carbocycles. The van der Waals surface area contributed by atoms with Crippen LogP contribution in [0.5, 0.6) is 5.75 Å². The highest BCUT2D eigenvalue weighted by molar-refractivity contribution is 6.33. The molecule has 1 fully saturated rings. The number of hydrogen-bond acceptors (Lipinski definition) is 4. The Bertz CT molecular complexity index is 878. The van der Waals surface area contributed by atoms with Crippen molar-refractivity contribution in [3.63, 3.8) is 0 Å². The average Bonchev–Trinajstić information content (AvgIpc) is 2.75. The third kappa shape index (κ3) is 6.21. The van der Waals surface area contributed by atoms with Crippen LogP contribution in [0.2, 0.25) is 5.02 Å². The number of aryl methyl sites for hydroxylation is 2. The Morgan fingerprint density at radius 3 is 2.40 bits per heavy atom. The number of ether oxygens (including phenoxy) is 1. The van der Waals surface area contributed by atoms with E-state index in [4.69, 9.17) is 16.3 Å². The summed E-state index contributed by atoms with van der Waals surface area (Å²) in [6.45, 7) is 4.89. The number of amides is 2. The summed E-state index contributed by atoms with van der Waals surface area (Å²) in [5.74, 6) is 0.872. The molecular formula is C23H28ClN3O3. The third-order valence-electron chi connectivity index (χ3n) is 5.28. The lowest BCUT2D eigenvalue weighted by molar-refractivity contribution is -0.133. The Hall–Kier alpha value is -2.57. The fourth-order valence-electron chi connectivity index (χ4n) is 3.47. The summed E-state index contributed by atoms with van der Waals surface area (Å²) in [5.41, 5.74) is 2.79. The minimum Gasteiger partial charge on any atom is -0.497 e. The van der Waals surface area contributed by atoms with Crippen molar-refractivity contribution in [2.75, 3.05) is 45.2 Å². The maximum atomic E-state index is 12.5. The summed E-state index contributed by atoms with van der Waals surface area (Å²) < 4.78 is 5.16. The lowest BCUT2D eigenvalue weighted by atomic mass is 10.1. The molecule has 3 rings (SSSR count). The molecule has 2 aromatic rings. The first-order valence-electron chi connectivity index (χ1n) is 10.1. The zero-order valence-electron chi connectivity index (χ0n) is 17.5. The van der Waals surface area contributed by atoms with Gasteiger partial charge in [0.2, 0.25) is 11.8 Å². The quantitative estimate of drug-likeness (QED) is 0.733. The first-order valence-corrected chi connectivity index (χ1v) is 10.5. The predicted octanol–water partition coefficient (Wildman–Crippen LogP) is 3.37. The van der Waals surface area contributed by atoms with Crippen LogP contribution in [0.25, 0.3) is 0 Å². The van der Waals surface area contributed by atoms with E-state index in [1.54, 1.807) is 7.11 Å². The fourth-order valence-corrected chi connectivity index (χ4v) is 3.75. The smallest absolute Gasteiger partial charge is 0.238 e. The minimum absolute atomic E-state index is 0.0972. The lowest BCUT2D eigenvalue weighted by Crippen LogP contribution is -2.50. The number of nitrogens with one attached hydrogen (secondary N) is 1. The molecule has 1 aliphatic heterocycles. The van der Waals surface area contributed by atoms with Gasteiger partial charge in [-0.1, -0.05) is 29.8 Å². The molecule has 2 aromatic carbocycles. The highest BCUT2D eigenvalue weighted by Gasteiger charge is 2.22. The fraction of sp³-hybridized carbons (Fsp3) is 0.391. The van der Waals surface area contributed by atoms with E-state index in [0.29, 0.717) is 49.7 Å². The van der Waals surface area contributed by atoms with Crippen molar-refractivity contribution < 1.29 is 14.3 Å². The van der Waals surface area contributed by atoms with E-state index >= 15 is 0 Å². The molecule has 0 bridgehead atoms. The number of carbonyl (C=O) groups is 2. The molecule has 6 nitrogen and oxygen atoms in total. The number of piperazine rings is 1. The second-order valence-electron chi connectivity index (χ2n) is 7.54. The van der Waals surface area contributed by atoms with Crippen LogP contribution in [0, 0.1) is 6.92 Å². The van der Waals surface area contributed by atoms with E-state index in [1.165, 1.54) is 0 Å². The zero-order chi connectivity index (χ0) is 21.5. The van der Waals surface area contributed by atoms with E-state index in [-0.39, 0.29) is 18.4 Å². The van der Waals surface area contributed by atoms with E-state index in [9.17, 15) is 9.59 Å². The molecule has 1 N–H and O–H groups in total. The summed E-state index contributed by atoms with van der Waals surface area (Å²) >= 11 is 6.18. The van der Waals surface area contributed by atoms with Gasteiger partial charge in [-0.25, -0.2) is 0 Å². The topological polar surface area (TPSA) is 61.9 Å². The predicted molar refractivity (Wildman–Crippen MR) is 119 cm³/mol. The van der Waals surface area contributed by atoms with Gasteiger partial charge in [-0.3, -0.25) is 14.5 Å². The third-order valence-corrected chi connectivity index (χ3v) is 5.59. The summed E-state index contributed by atoms with van der Waals surface area (Å²) in [6, 6.07) is 13.4. The summed E-state index contributed by atoms with van der Waals surface area (Å²) in [4.78, 5) is 28.8. The molecule has 0 unspecified atom stereocenters. The number of benzene rings is 2. The van der Waals surface area contributed by atoms with E-state index in [2.05, 4.69) is 10.2 Å². The Balaban J connectivity index is 1.40. The molecule has 0 spiro atoms. The Labute approximate surface area is 182 Å². The van der Waals surface area contributed by atoms with Crippen molar-refractivity contribution in [3.8, 4) is 5.75 Å². The first-order chi connectivity index (χ1) is 14.4. The van der Waals surface area contributed by atoms with Crippen LogP contribution in [-0.4, -0.2) is 61.4 Å². The van der Waals surface area contributed by atoms with Crippen molar-refractivity contribution in [3.05, 3.63) is 58.6 Å². The SMILES string of the molecule is COc1ccc(CCC(=O)N2CCN(CC(=O)Nc3ccc(C)cc3Cl)CC2)cc1. The molecule has 7 heteroatoms. The summed E-state index contributed by atoms with van der Waals surface area (Å²) in [6.07, 6.45) is 1.20. The molecule has 0 aromatic heterocycles. The van der Waals surface area contributed by atoms with Gasteiger partial charge in [-0.05, 0) is 48.7 Å². The molecule has 2 amide bonds.